The Balaban J connectivity index is 1.58. The lowest BCUT2D eigenvalue weighted by atomic mass is 9.94. The molecule has 2 aliphatic rings. The van der Waals surface area contributed by atoms with E-state index < -0.39 is 48.7 Å². The molecule has 8 unspecified atom stereocenters. The molecule has 0 amide bonds. The fraction of sp³-hybridized carbons (Fsp3) is 0.583. The van der Waals surface area contributed by atoms with Crippen LogP contribution in [-0.2, 0) is 12.8 Å². The molecule has 190 valence electrons. The van der Waals surface area contributed by atoms with Gasteiger partial charge in [-0.1, -0.05) is 36.4 Å². The number of aliphatic hydroxyl groups is 8. The Bertz CT molecular complexity index is 774. The van der Waals surface area contributed by atoms with E-state index in [1.807, 2.05) is 36.4 Å². The summed E-state index contributed by atoms with van der Waals surface area (Å²) in [5.74, 6) is 0. The van der Waals surface area contributed by atoms with Crippen LogP contribution in [0.1, 0.15) is 11.1 Å². The van der Waals surface area contributed by atoms with E-state index in [2.05, 4.69) is 0 Å². The first-order valence-corrected chi connectivity index (χ1v) is 11.5. The van der Waals surface area contributed by atoms with Crippen LogP contribution >= 0.6 is 0 Å². The lowest BCUT2D eigenvalue weighted by Gasteiger charge is -2.42. The maximum Gasteiger partial charge on any atom is 0.110 e. The number of benzene rings is 1. The number of hydrogen-bond donors (Lipinski definition) is 8. The highest BCUT2D eigenvalue weighted by molar-refractivity contribution is 5.26. The van der Waals surface area contributed by atoms with E-state index in [1.165, 1.54) is 0 Å². The minimum Gasteiger partial charge on any atom is -0.394 e. The summed E-state index contributed by atoms with van der Waals surface area (Å²) < 4.78 is 0. The van der Waals surface area contributed by atoms with Crippen LogP contribution in [0, 0.1) is 0 Å². The minimum absolute atomic E-state index is 0.108. The largest absolute Gasteiger partial charge is 0.394 e. The average Bonchev–Trinajstić information content (AvgIpc) is 2.82. The maximum atomic E-state index is 10.1. The van der Waals surface area contributed by atoms with Crippen LogP contribution in [0.3, 0.4) is 0 Å². The molecule has 1 aromatic carbocycles. The highest BCUT2D eigenvalue weighted by atomic mass is 16.4. The van der Waals surface area contributed by atoms with Crippen LogP contribution in [-0.4, -0.2) is 126 Å². The molecule has 2 heterocycles. The normalized spacial score (nSPS) is 34.9. The summed E-state index contributed by atoms with van der Waals surface area (Å²) in [5, 5.41) is 78.6. The first kappa shape index (κ1) is 26.6. The van der Waals surface area contributed by atoms with Gasteiger partial charge in [0.05, 0.1) is 37.5 Å². The first-order chi connectivity index (χ1) is 16.3. The van der Waals surface area contributed by atoms with Gasteiger partial charge in [-0.25, -0.2) is 0 Å². The molecular weight excluding hydrogens is 444 g/mol. The third-order valence-corrected chi connectivity index (χ3v) is 6.59. The SMILES string of the molecule is OCC1C(O)C(O)C(O)CN1/C=C/Cc1cccc(C/C=C/N2CC(O)C(O)C(O)C2CO)c1. The lowest BCUT2D eigenvalue weighted by molar-refractivity contribution is -0.133. The van der Waals surface area contributed by atoms with Crippen molar-refractivity contribution in [2.45, 2.75) is 61.5 Å². The average molecular weight is 481 g/mol. The number of β-amino-alcohol motifs (C(OH)–C–C–N with tert-alkyl or cyclic N) is 2. The Labute approximate surface area is 198 Å². The van der Waals surface area contributed by atoms with Crippen molar-refractivity contribution in [1.29, 1.82) is 0 Å². The summed E-state index contributed by atoms with van der Waals surface area (Å²) in [4.78, 5) is 3.26. The Morgan fingerprint density at radius 2 is 1.09 bits per heavy atom. The van der Waals surface area contributed by atoms with Crippen LogP contribution in [0.15, 0.2) is 48.8 Å². The molecule has 34 heavy (non-hydrogen) atoms. The quantitative estimate of drug-likeness (QED) is 0.196. The number of allylic oxidation sites excluding steroid dienone is 2. The zero-order valence-corrected chi connectivity index (χ0v) is 19.0. The number of rotatable bonds is 8. The van der Waals surface area contributed by atoms with Crippen molar-refractivity contribution < 1.29 is 40.9 Å². The molecule has 2 saturated heterocycles. The molecule has 0 aliphatic carbocycles. The van der Waals surface area contributed by atoms with Gasteiger partial charge >= 0.3 is 0 Å². The van der Waals surface area contributed by atoms with E-state index in [9.17, 15) is 40.9 Å². The Morgan fingerprint density at radius 1 is 0.676 bits per heavy atom. The van der Waals surface area contributed by atoms with Crippen LogP contribution < -0.4 is 0 Å². The monoisotopic (exact) mass is 480 g/mol. The predicted octanol–water partition coefficient (Wildman–Crippen LogP) is -2.68. The van der Waals surface area contributed by atoms with Gasteiger partial charge in [-0.2, -0.15) is 0 Å². The zero-order valence-electron chi connectivity index (χ0n) is 19.0. The second-order valence-electron chi connectivity index (χ2n) is 8.99. The van der Waals surface area contributed by atoms with E-state index in [0.717, 1.165) is 11.1 Å². The van der Waals surface area contributed by atoms with E-state index in [4.69, 9.17) is 0 Å². The smallest absolute Gasteiger partial charge is 0.110 e. The molecule has 2 aliphatic heterocycles. The van der Waals surface area contributed by atoms with Crippen LogP contribution in [0.25, 0.3) is 0 Å². The molecule has 0 spiro atoms. The summed E-state index contributed by atoms with van der Waals surface area (Å²) in [7, 11) is 0. The second kappa shape index (κ2) is 12.1. The number of nitrogens with zero attached hydrogens (tertiary/aromatic N) is 2. The van der Waals surface area contributed by atoms with Crippen molar-refractivity contribution in [2.75, 3.05) is 26.3 Å². The summed E-state index contributed by atoms with van der Waals surface area (Å²) in [6.07, 6.45) is 1.03. The van der Waals surface area contributed by atoms with Gasteiger partial charge in [-0.05, 0) is 36.4 Å². The third-order valence-electron chi connectivity index (χ3n) is 6.59. The fourth-order valence-corrected chi connectivity index (χ4v) is 4.52. The van der Waals surface area contributed by atoms with E-state index >= 15 is 0 Å². The van der Waals surface area contributed by atoms with Crippen molar-refractivity contribution in [3.63, 3.8) is 0 Å². The molecule has 0 bridgehead atoms. The molecule has 1 aromatic rings. The minimum atomic E-state index is -1.29. The first-order valence-electron chi connectivity index (χ1n) is 11.5. The Hall–Kier alpha value is -2.02. The lowest BCUT2D eigenvalue weighted by Crippen LogP contribution is -2.60. The summed E-state index contributed by atoms with van der Waals surface area (Å²) in [5.41, 5.74) is 2.06. The standard InChI is InChI=1S/C24H36N2O8/c27-13-17-21(31)23(33)19(29)11-25(17)8-2-6-15-4-1-5-16(10-15)7-3-9-26-12-20(30)24(34)22(32)18(26)14-28/h1-5,8-10,17-24,27-34H,6-7,11-14H2/b8-2+,9-3+. The molecule has 10 heteroatoms. The maximum absolute atomic E-state index is 10.1. The summed E-state index contributed by atoms with van der Waals surface area (Å²) >= 11 is 0. The van der Waals surface area contributed by atoms with Gasteiger partial charge in [0.15, 0.2) is 0 Å². The molecule has 2 fully saturated rings. The van der Waals surface area contributed by atoms with E-state index in [0.29, 0.717) is 12.8 Å². The zero-order chi connectivity index (χ0) is 24.8. The number of aliphatic hydroxyl groups excluding tert-OH is 8. The van der Waals surface area contributed by atoms with Gasteiger partial charge in [0.2, 0.25) is 0 Å². The van der Waals surface area contributed by atoms with Crippen molar-refractivity contribution in [3.8, 4) is 0 Å². The van der Waals surface area contributed by atoms with Crippen LogP contribution in [0.4, 0.5) is 0 Å². The number of hydrogen-bond acceptors (Lipinski definition) is 10. The molecule has 0 radical (unpaired) electrons. The summed E-state index contributed by atoms with van der Waals surface area (Å²) in [6.45, 7) is -0.482. The van der Waals surface area contributed by atoms with Gasteiger partial charge in [-0.15, -0.1) is 0 Å². The molecular formula is C24H36N2O8. The topological polar surface area (TPSA) is 168 Å². The summed E-state index contributed by atoms with van der Waals surface area (Å²) in [6, 6.07) is 6.49. The van der Waals surface area contributed by atoms with Gasteiger partial charge in [-0.3, -0.25) is 0 Å². The molecule has 3 rings (SSSR count). The van der Waals surface area contributed by atoms with Crippen molar-refractivity contribution >= 4 is 0 Å². The van der Waals surface area contributed by atoms with Gasteiger partial charge in [0.1, 0.15) is 24.4 Å². The third kappa shape index (κ3) is 6.15. The number of likely N-dealkylation sites (tertiary alicyclic amines) is 2. The van der Waals surface area contributed by atoms with Crippen molar-refractivity contribution in [2.24, 2.45) is 0 Å². The highest BCUT2D eigenvalue weighted by Crippen LogP contribution is 2.21. The Kier molecular flexibility index (Phi) is 9.46. The Morgan fingerprint density at radius 3 is 1.47 bits per heavy atom. The molecule has 10 nitrogen and oxygen atoms in total. The molecule has 8 N–H and O–H groups in total. The molecule has 0 saturated carbocycles. The van der Waals surface area contributed by atoms with Gasteiger partial charge < -0.3 is 50.7 Å². The van der Waals surface area contributed by atoms with E-state index in [1.54, 1.807) is 22.2 Å². The van der Waals surface area contributed by atoms with Gasteiger partial charge in [0, 0.05) is 13.1 Å². The number of piperidine rings is 2. The molecule has 0 aromatic heterocycles. The van der Waals surface area contributed by atoms with E-state index in [-0.39, 0.29) is 26.3 Å². The highest BCUT2D eigenvalue weighted by Gasteiger charge is 2.40. The van der Waals surface area contributed by atoms with Gasteiger partial charge in [0.25, 0.3) is 0 Å². The van der Waals surface area contributed by atoms with Crippen LogP contribution in [0.2, 0.25) is 0 Å². The second-order valence-corrected chi connectivity index (χ2v) is 8.99. The molecule has 8 atom stereocenters. The van der Waals surface area contributed by atoms with Crippen molar-refractivity contribution in [3.05, 3.63) is 59.9 Å². The predicted molar refractivity (Wildman–Crippen MR) is 123 cm³/mol. The van der Waals surface area contributed by atoms with Crippen molar-refractivity contribution in [1.82, 2.24) is 9.80 Å². The van der Waals surface area contributed by atoms with Crippen LogP contribution in [0.5, 0.6) is 0 Å². The fourth-order valence-electron chi connectivity index (χ4n) is 4.52.